The molecule has 0 bridgehead atoms. The molecular weight excluding hydrogens is 258 g/mol. The lowest BCUT2D eigenvalue weighted by atomic mass is 9.79. The van der Waals surface area contributed by atoms with Crippen molar-refractivity contribution in [2.75, 3.05) is 13.1 Å². The number of piperidine rings is 1. The molecule has 1 atom stereocenters. The average Bonchev–Trinajstić information content (AvgIpc) is 2.44. The smallest absolute Gasteiger partial charge is 0.222 e. The number of hydrogen-bond donors (Lipinski definition) is 0. The molecule has 1 aromatic carbocycles. The van der Waals surface area contributed by atoms with Gasteiger partial charge in [-0.15, -0.1) is 0 Å². The molecule has 1 amide bonds. The van der Waals surface area contributed by atoms with Crippen molar-refractivity contribution >= 4 is 5.91 Å². The molecule has 2 heteroatoms. The molecule has 0 saturated carbocycles. The van der Waals surface area contributed by atoms with E-state index < -0.39 is 0 Å². The second-order valence-corrected chi connectivity index (χ2v) is 7.08. The molecule has 2 nitrogen and oxygen atoms in total. The lowest BCUT2D eigenvalue weighted by Gasteiger charge is -2.40. The molecule has 1 aliphatic rings. The lowest BCUT2D eigenvalue weighted by Crippen LogP contribution is -2.44. The summed E-state index contributed by atoms with van der Waals surface area (Å²) in [7, 11) is 0. The summed E-state index contributed by atoms with van der Waals surface area (Å²) < 4.78 is 0. The predicted octanol–water partition coefficient (Wildman–Crippen LogP) is 4.27. The van der Waals surface area contributed by atoms with Gasteiger partial charge in [0.2, 0.25) is 5.91 Å². The zero-order chi connectivity index (χ0) is 15.5. The van der Waals surface area contributed by atoms with Crippen LogP contribution in [0.15, 0.2) is 18.2 Å². The molecule has 1 saturated heterocycles. The monoisotopic (exact) mass is 287 g/mol. The minimum absolute atomic E-state index is 0.327. The van der Waals surface area contributed by atoms with Gasteiger partial charge in [0.1, 0.15) is 0 Å². The van der Waals surface area contributed by atoms with Crippen LogP contribution in [-0.4, -0.2) is 23.9 Å². The van der Waals surface area contributed by atoms with Gasteiger partial charge in [0.25, 0.3) is 0 Å². The van der Waals surface area contributed by atoms with Crippen LogP contribution in [0.3, 0.4) is 0 Å². The molecule has 0 aliphatic carbocycles. The minimum atomic E-state index is 0.327. The summed E-state index contributed by atoms with van der Waals surface area (Å²) in [4.78, 5) is 14.6. The molecule has 0 radical (unpaired) electrons. The largest absolute Gasteiger partial charge is 0.342 e. The first-order chi connectivity index (χ1) is 9.92. The summed E-state index contributed by atoms with van der Waals surface area (Å²) in [5.74, 6) is 0.327. The first kappa shape index (κ1) is 16.1. The molecule has 0 N–H and O–H groups in total. The van der Waals surface area contributed by atoms with Crippen molar-refractivity contribution in [1.29, 1.82) is 0 Å². The fourth-order valence-electron chi connectivity index (χ4n) is 3.44. The predicted molar refractivity (Wildman–Crippen MR) is 88.4 cm³/mol. The van der Waals surface area contributed by atoms with Crippen LogP contribution in [-0.2, 0) is 11.2 Å². The molecule has 1 unspecified atom stereocenters. The van der Waals surface area contributed by atoms with Gasteiger partial charge in [-0.1, -0.05) is 43.2 Å². The maximum Gasteiger partial charge on any atom is 0.222 e. The van der Waals surface area contributed by atoms with E-state index in [1.807, 2.05) is 0 Å². The fraction of sp³-hybridized carbons (Fsp3) is 0.632. The van der Waals surface area contributed by atoms with Gasteiger partial charge in [0, 0.05) is 19.5 Å². The number of hydrogen-bond acceptors (Lipinski definition) is 1. The van der Waals surface area contributed by atoms with E-state index in [2.05, 4.69) is 50.8 Å². The van der Waals surface area contributed by atoms with Crippen LogP contribution < -0.4 is 0 Å². The first-order valence-corrected chi connectivity index (χ1v) is 8.27. The molecule has 0 spiro atoms. The van der Waals surface area contributed by atoms with Crippen molar-refractivity contribution in [3.05, 3.63) is 34.9 Å². The highest BCUT2D eigenvalue weighted by Crippen LogP contribution is 2.32. The van der Waals surface area contributed by atoms with Crippen molar-refractivity contribution in [1.82, 2.24) is 4.90 Å². The molecular formula is C19H29NO. The molecule has 116 valence electrons. The van der Waals surface area contributed by atoms with E-state index in [4.69, 9.17) is 0 Å². The Morgan fingerprint density at radius 2 is 1.90 bits per heavy atom. The van der Waals surface area contributed by atoms with Crippen LogP contribution >= 0.6 is 0 Å². The zero-order valence-corrected chi connectivity index (χ0v) is 14.0. The van der Waals surface area contributed by atoms with E-state index in [0.29, 0.717) is 17.7 Å². The molecule has 0 aromatic heterocycles. The third kappa shape index (κ3) is 4.33. The Labute approximate surface area is 129 Å². The van der Waals surface area contributed by atoms with Crippen molar-refractivity contribution in [2.45, 2.75) is 59.8 Å². The van der Waals surface area contributed by atoms with E-state index >= 15 is 0 Å². The zero-order valence-electron chi connectivity index (χ0n) is 14.0. The quantitative estimate of drug-likeness (QED) is 0.809. The maximum absolute atomic E-state index is 12.5. The summed E-state index contributed by atoms with van der Waals surface area (Å²) in [6, 6.07) is 6.59. The summed E-state index contributed by atoms with van der Waals surface area (Å²) >= 11 is 0. The Hall–Kier alpha value is -1.31. The summed E-state index contributed by atoms with van der Waals surface area (Å²) in [6.07, 6.45) is 5.07. The second kappa shape index (κ2) is 6.64. The molecule has 1 heterocycles. The van der Waals surface area contributed by atoms with Crippen molar-refractivity contribution in [2.24, 2.45) is 5.41 Å². The minimum Gasteiger partial charge on any atom is -0.342 e. The van der Waals surface area contributed by atoms with Gasteiger partial charge in [-0.2, -0.15) is 0 Å². The van der Waals surface area contributed by atoms with E-state index in [1.165, 1.54) is 23.1 Å². The number of aryl methyl sites for hydroxylation is 3. The molecule has 21 heavy (non-hydrogen) atoms. The van der Waals surface area contributed by atoms with Crippen LogP contribution in [0.1, 0.15) is 56.2 Å². The maximum atomic E-state index is 12.5. The average molecular weight is 287 g/mol. The highest BCUT2D eigenvalue weighted by atomic mass is 16.2. The summed E-state index contributed by atoms with van der Waals surface area (Å²) in [6.45, 7) is 10.7. The van der Waals surface area contributed by atoms with Gasteiger partial charge in [0.15, 0.2) is 0 Å². The standard InChI is InChI=1S/C19H29NO/c1-5-19(4)9-6-10-20(14-19)18(21)8-7-17-12-15(2)11-16(3)13-17/h11-13H,5-10,14H2,1-4H3. The molecule has 1 aromatic rings. The van der Waals surface area contributed by atoms with Crippen LogP contribution in [0.4, 0.5) is 0 Å². The topological polar surface area (TPSA) is 20.3 Å². The number of benzene rings is 1. The van der Waals surface area contributed by atoms with Gasteiger partial charge >= 0.3 is 0 Å². The highest BCUT2D eigenvalue weighted by molar-refractivity contribution is 5.76. The second-order valence-electron chi connectivity index (χ2n) is 7.08. The highest BCUT2D eigenvalue weighted by Gasteiger charge is 2.31. The van der Waals surface area contributed by atoms with Crippen LogP contribution in [0.2, 0.25) is 0 Å². The van der Waals surface area contributed by atoms with Crippen LogP contribution in [0.25, 0.3) is 0 Å². The fourth-order valence-corrected chi connectivity index (χ4v) is 3.44. The summed E-state index contributed by atoms with van der Waals surface area (Å²) in [5, 5.41) is 0. The molecule has 2 rings (SSSR count). The van der Waals surface area contributed by atoms with E-state index in [-0.39, 0.29) is 0 Å². The number of likely N-dealkylation sites (tertiary alicyclic amines) is 1. The Morgan fingerprint density at radius 1 is 1.24 bits per heavy atom. The van der Waals surface area contributed by atoms with Crippen LogP contribution in [0, 0.1) is 19.3 Å². The Bertz CT molecular complexity index is 488. The Kier molecular flexibility index (Phi) is 5.08. The van der Waals surface area contributed by atoms with E-state index in [9.17, 15) is 4.79 Å². The van der Waals surface area contributed by atoms with Gasteiger partial charge in [-0.3, -0.25) is 4.79 Å². The Morgan fingerprint density at radius 3 is 2.52 bits per heavy atom. The number of carbonyl (C=O) groups is 1. The van der Waals surface area contributed by atoms with Crippen molar-refractivity contribution < 1.29 is 4.79 Å². The van der Waals surface area contributed by atoms with Gasteiger partial charge in [0.05, 0.1) is 0 Å². The third-order valence-corrected chi connectivity index (χ3v) is 4.90. The van der Waals surface area contributed by atoms with E-state index in [0.717, 1.165) is 32.4 Å². The van der Waals surface area contributed by atoms with Crippen molar-refractivity contribution in [3.8, 4) is 0 Å². The summed E-state index contributed by atoms with van der Waals surface area (Å²) in [5.41, 5.74) is 4.19. The normalized spacial score (nSPS) is 22.4. The molecule has 1 aliphatic heterocycles. The SMILES string of the molecule is CCC1(C)CCCN(C(=O)CCc2cc(C)cc(C)c2)C1. The molecule has 1 fully saturated rings. The number of nitrogens with zero attached hydrogens (tertiary/aromatic N) is 1. The van der Waals surface area contributed by atoms with Crippen LogP contribution in [0.5, 0.6) is 0 Å². The van der Waals surface area contributed by atoms with E-state index in [1.54, 1.807) is 0 Å². The van der Waals surface area contributed by atoms with Gasteiger partial charge in [-0.25, -0.2) is 0 Å². The third-order valence-electron chi connectivity index (χ3n) is 4.90. The van der Waals surface area contributed by atoms with Crippen molar-refractivity contribution in [3.63, 3.8) is 0 Å². The lowest BCUT2D eigenvalue weighted by molar-refractivity contribution is -0.134. The number of amides is 1. The first-order valence-electron chi connectivity index (χ1n) is 8.27. The Balaban J connectivity index is 1.92. The number of carbonyl (C=O) groups excluding carboxylic acids is 1. The number of rotatable bonds is 4. The van der Waals surface area contributed by atoms with Gasteiger partial charge in [-0.05, 0) is 50.5 Å². The van der Waals surface area contributed by atoms with Gasteiger partial charge < -0.3 is 4.90 Å².